The average molecular weight is 309 g/mol. The third kappa shape index (κ3) is 3.87. The largest absolute Gasteiger partial charge is 0.477 e. The fourth-order valence-electron chi connectivity index (χ4n) is 2.14. The first-order chi connectivity index (χ1) is 9.62. The lowest BCUT2D eigenvalue weighted by Gasteiger charge is -2.44. The van der Waals surface area contributed by atoms with Crippen LogP contribution in [0.25, 0.3) is 0 Å². The van der Waals surface area contributed by atoms with E-state index in [4.69, 9.17) is 14.9 Å². The Hall–Kier alpha value is -1.30. The smallest absolute Gasteiger partial charge is 0.364 e. The molecule has 0 saturated carbocycles. The second kappa shape index (κ2) is 6.64. The highest BCUT2D eigenvalue weighted by Crippen LogP contribution is 2.30. The van der Waals surface area contributed by atoms with E-state index < -0.39 is 61.1 Å². The van der Waals surface area contributed by atoms with Gasteiger partial charge in [0.2, 0.25) is 5.91 Å². The second-order valence-electron chi connectivity index (χ2n) is 4.91. The molecular weight excluding hydrogens is 290 g/mol. The molecule has 6 atom stereocenters. The summed E-state index contributed by atoms with van der Waals surface area (Å²) < 4.78 is 4.86. The molecule has 0 aromatic rings. The minimum atomic E-state index is -2.78. The van der Waals surface area contributed by atoms with Crippen molar-refractivity contribution in [2.75, 3.05) is 6.61 Å². The first kappa shape index (κ1) is 17.8. The van der Waals surface area contributed by atoms with Crippen molar-refractivity contribution in [1.82, 2.24) is 5.32 Å². The highest BCUT2D eigenvalue weighted by atomic mass is 16.7. The monoisotopic (exact) mass is 309 g/mol. The van der Waals surface area contributed by atoms with Crippen LogP contribution in [0.4, 0.5) is 0 Å². The van der Waals surface area contributed by atoms with Gasteiger partial charge in [0.15, 0.2) is 0 Å². The van der Waals surface area contributed by atoms with Crippen LogP contribution in [0.15, 0.2) is 0 Å². The molecular formula is C11H19NO9. The molecule has 1 heterocycles. The van der Waals surface area contributed by atoms with Gasteiger partial charge in [0.05, 0.1) is 18.8 Å². The zero-order valence-electron chi connectivity index (χ0n) is 11.2. The van der Waals surface area contributed by atoms with Crippen LogP contribution in [0.1, 0.15) is 13.3 Å². The van der Waals surface area contributed by atoms with Gasteiger partial charge in [0, 0.05) is 13.3 Å². The third-order valence-electron chi connectivity index (χ3n) is 3.21. The number of aliphatic carboxylic acids is 1. The van der Waals surface area contributed by atoms with Crippen LogP contribution in [-0.2, 0) is 14.3 Å². The van der Waals surface area contributed by atoms with E-state index in [-0.39, 0.29) is 0 Å². The van der Waals surface area contributed by atoms with Crippen LogP contribution in [0.2, 0.25) is 0 Å². The van der Waals surface area contributed by atoms with Crippen LogP contribution in [0.5, 0.6) is 0 Å². The number of carbonyl (C=O) groups is 2. The Labute approximate surface area is 119 Å². The second-order valence-corrected chi connectivity index (χ2v) is 4.91. The predicted octanol–water partition coefficient (Wildman–Crippen LogP) is -3.87. The van der Waals surface area contributed by atoms with Crippen molar-refractivity contribution in [3.05, 3.63) is 0 Å². The van der Waals surface area contributed by atoms with Crippen molar-refractivity contribution in [3.63, 3.8) is 0 Å². The molecule has 1 aliphatic heterocycles. The van der Waals surface area contributed by atoms with Gasteiger partial charge < -0.3 is 40.7 Å². The molecule has 21 heavy (non-hydrogen) atoms. The standard InChI is InChI=1S/C11H19NO9/c1-4(14)12-7-5(15)2-11(20,10(18)19)21-9(7)8(17)6(16)3-13/h5-9,13,15-17,20H,2-3H2,1H3,(H,12,14)(H,18,19)/t5-,6-,7+,8+,9?,11-/m1/s1. The molecule has 7 N–H and O–H groups in total. The number of amides is 1. The Morgan fingerprint density at radius 3 is 2.43 bits per heavy atom. The number of carboxylic acids is 1. The van der Waals surface area contributed by atoms with Crippen molar-refractivity contribution < 1.29 is 45.0 Å². The summed E-state index contributed by atoms with van der Waals surface area (Å²) in [6, 6.07) is -1.27. The highest BCUT2D eigenvalue weighted by Gasteiger charge is 2.53. The Kier molecular flexibility index (Phi) is 5.61. The van der Waals surface area contributed by atoms with Gasteiger partial charge in [-0.25, -0.2) is 4.79 Å². The summed E-state index contributed by atoms with van der Waals surface area (Å²) in [5.41, 5.74) is 0. The Bertz CT molecular complexity index is 403. The van der Waals surface area contributed by atoms with E-state index in [9.17, 15) is 30.0 Å². The van der Waals surface area contributed by atoms with Crippen molar-refractivity contribution in [2.45, 2.75) is 49.6 Å². The number of hydrogen-bond acceptors (Lipinski definition) is 8. The molecule has 0 bridgehead atoms. The molecule has 1 unspecified atom stereocenters. The van der Waals surface area contributed by atoms with Gasteiger partial charge in [-0.2, -0.15) is 0 Å². The fraction of sp³-hybridized carbons (Fsp3) is 0.818. The minimum Gasteiger partial charge on any atom is -0.477 e. The van der Waals surface area contributed by atoms with Gasteiger partial charge in [-0.05, 0) is 0 Å². The number of aliphatic hydroxyl groups is 5. The number of carbonyl (C=O) groups excluding carboxylic acids is 1. The summed E-state index contributed by atoms with van der Waals surface area (Å²) in [6.07, 6.45) is -7.48. The van der Waals surface area contributed by atoms with Gasteiger partial charge >= 0.3 is 5.97 Å². The molecule has 1 saturated heterocycles. The molecule has 1 aliphatic rings. The molecule has 10 heteroatoms. The quantitative estimate of drug-likeness (QED) is 0.268. The van der Waals surface area contributed by atoms with E-state index >= 15 is 0 Å². The summed E-state index contributed by atoms with van der Waals surface area (Å²) in [6.45, 7) is 0.256. The summed E-state index contributed by atoms with van der Waals surface area (Å²) >= 11 is 0. The van der Waals surface area contributed by atoms with Crippen LogP contribution >= 0.6 is 0 Å². The summed E-state index contributed by atoms with van der Waals surface area (Å²) in [4.78, 5) is 22.1. The predicted molar refractivity (Wildman–Crippen MR) is 64.8 cm³/mol. The number of nitrogens with one attached hydrogen (secondary N) is 1. The molecule has 1 amide bonds. The van der Waals surface area contributed by atoms with Crippen molar-refractivity contribution >= 4 is 11.9 Å². The van der Waals surface area contributed by atoms with Crippen LogP contribution in [0.3, 0.4) is 0 Å². The van der Waals surface area contributed by atoms with Gasteiger partial charge in [-0.15, -0.1) is 0 Å². The van der Waals surface area contributed by atoms with E-state index in [0.717, 1.165) is 6.92 Å². The molecule has 1 fully saturated rings. The zero-order chi connectivity index (χ0) is 16.4. The lowest BCUT2D eigenvalue weighted by Crippen LogP contribution is -2.67. The van der Waals surface area contributed by atoms with Crippen molar-refractivity contribution in [3.8, 4) is 0 Å². The number of carboxylic acid groups (broad SMARTS) is 1. The van der Waals surface area contributed by atoms with Crippen molar-refractivity contribution in [1.29, 1.82) is 0 Å². The topological polar surface area (TPSA) is 177 Å². The zero-order valence-corrected chi connectivity index (χ0v) is 11.2. The molecule has 122 valence electrons. The third-order valence-corrected chi connectivity index (χ3v) is 3.21. The van der Waals surface area contributed by atoms with Crippen LogP contribution in [-0.4, -0.2) is 85.4 Å². The van der Waals surface area contributed by atoms with E-state index in [1.807, 2.05) is 0 Å². The normalized spacial score (nSPS) is 35.8. The van der Waals surface area contributed by atoms with E-state index in [1.165, 1.54) is 0 Å². The molecule has 0 spiro atoms. The SMILES string of the molecule is CC(=O)N[C@@H]1C([C@@H](O)[C@H](O)CO)O[C@@](O)(C(=O)O)C[C@H]1O. The number of ether oxygens (including phenoxy) is 1. The van der Waals surface area contributed by atoms with Gasteiger partial charge in [0.1, 0.15) is 18.3 Å². The molecule has 0 aromatic carbocycles. The van der Waals surface area contributed by atoms with Crippen LogP contribution < -0.4 is 5.32 Å². The van der Waals surface area contributed by atoms with E-state index in [0.29, 0.717) is 0 Å². The Balaban J connectivity index is 3.07. The first-order valence-electron chi connectivity index (χ1n) is 6.18. The van der Waals surface area contributed by atoms with E-state index in [2.05, 4.69) is 5.32 Å². The number of rotatable bonds is 5. The van der Waals surface area contributed by atoms with Crippen molar-refractivity contribution in [2.24, 2.45) is 0 Å². The molecule has 0 radical (unpaired) electrons. The molecule has 0 aromatic heterocycles. The Morgan fingerprint density at radius 2 is 2.00 bits per heavy atom. The molecule has 10 nitrogen and oxygen atoms in total. The summed E-state index contributed by atoms with van der Waals surface area (Å²) in [5, 5.41) is 59.0. The maximum Gasteiger partial charge on any atom is 0.364 e. The Morgan fingerprint density at radius 1 is 1.43 bits per heavy atom. The number of aliphatic hydroxyl groups excluding tert-OH is 4. The highest BCUT2D eigenvalue weighted by molar-refractivity contribution is 5.76. The van der Waals surface area contributed by atoms with Crippen LogP contribution in [0, 0.1) is 0 Å². The molecule has 1 rings (SSSR count). The first-order valence-corrected chi connectivity index (χ1v) is 6.18. The fourth-order valence-corrected chi connectivity index (χ4v) is 2.14. The summed E-state index contributed by atoms with van der Waals surface area (Å²) in [7, 11) is 0. The maximum absolute atomic E-state index is 11.1. The summed E-state index contributed by atoms with van der Waals surface area (Å²) in [5.74, 6) is -5.17. The average Bonchev–Trinajstić information content (AvgIpc) is 2.39. The van der Waals surface area contributed by atoms with Gasteiger partial charge in [-0.3, -0.25) is 4.79 Å². The minimum absolute atomic E-state index is 0.598. The lowest BCUT2D eigenvalue weighted by atomic mass is 9.88. The number of hydrogen-bond donors (Lipinski definition) is 7. The van der Waals surface area contributed by atoms with E-state index in [1.54, 1.807) is 0 Å². The maximum atomic E-state index is 11.1. The van der Waals surface area contributed by atoms with Gasteiger partial charge in [-0.1, -0.05) is 0 Å². The van der Waals surface area contributed by atoms with Gasteiger partial charge in [0.25, 0.3) is 5.79 Å². The molecule has 0 aliphatic carbocycles. The lowest BCUT2D eigenvalue weighted by molar-refractivity contribution is -0.295.